The molecule has 0 aliphatic rings. The van der Waals surface area contributed by atoms with Gasteiger partial charge in [0.15, 0.2) is 5.69 Å². The van der Waals surface area contributed by atoms with Crippen LogP contribution in [0.15, 0.2) is 89.9 Å². The number of hydrogen-bond donors (Lipinski definition) is 3. The highest BCUT2D eigenvalue weighted by molar-refractivity contribution is 5.94. The number of carbonyl (C=O) groups excluding carboxylic acids is 1. The maximum absolute atomic E-state index is 13.0. The highest BCUT2D eigenvalue weighted by atomic mass is 16.3. The maximum Gasteiger partial charge on any atom is 0.274 e. The van der Waals surface area contributed by atoms with Crippen LogP contribution in [0, 0.1) is 0 Å². The van der Waals surface area contributed by atoms with Gasteiger partial charge in [0, 0.05) is 11.6 Å². The number of rotatable bonds is 5. The first kappa shape index (κ1) is 21.6. The molecule has 5 aromatic rings. The second-order valence-electron chi connectivity index (χ2n) is 8.89. The number of carbonyl (C=O) groups is 1. The van der Waals surface area contributed by atoms with Crippen LogP contribution in [-0.4, -0.2) is 31.2 Å². The average molecular weight is 453 g/mol. The number of aromatic nitrogens is 3. The van der Waals surface area contributed by atoms with Crippen molar-refractivity contribution in [2.75, 3.05) is 0 Å². The van der Waals surface area contributed by atoms with Crippen LogP contribution >= 0.6 is 0 Å². The van der Waals surface area contributed by atoms with Crippen LogP contribution in [0.25, 0.3) is 27.5 Å². The molecular weight excluding hydrogens is 428 g/mol. The molecule has 3 aromatic carbocycles. The van der Waals surface area contributed by atoms with Crippen molar-refractivity contribution >= 4 is 22.2 Å². The Labute approximate surface area is 195 Å². The monoisotopic (exact) mass is 452 g/mol. The van der Waals surface area contributed by atoms with Crippen molar-refractivity contribution in [1.82, 2.24) is 19.9 Å². The van der Waals surface area contributed by atoms with E-state index in [-0.39, 0.29) is 16.8 Å². The number of hydrogen-bond acceptors (Lipinski definition) is 4. The van der Waals surface area contributed by atoms with Gasteiger partial charge < -0.3 is 15.4 Å². The zero-order chi connectivity index (χ0) is 23.9. The van der Waals surface area contributed by atoms with Gasteiger partial charge in [-0.05, 0) is 36.2 Å². The number of aromatic amines is 1. The van der Waals surface area contributed by atoms with Crippen LogP contribution in [0.3, 0.4) is 0 Å². The summed E-state index contributed by atoms with van der Waals surface area (Å²) in [7, 11) is 0. The van der Waals surface area contributed by atoms with Gasteiger partial charge in [-0.2, -0.15) is 5.10 Å². The lowest BCUT2D eigenvalue weighted by Gasteiger charge is -2.30. The number of nitrogens with zero attached hydrogens (tertiary/aromatic N) is 2. The first-order chi connectivity index (χ1) is 16.3. The van der Waals surface area contributed by atoms with E-state index in [0.29, 0.717) is 5.69 Å². The van der Waals surface area contributed by atoms with Crippen LogP contribution < -0.4 is 10.9 Å². The first-order valence-corrected chi connectivity index (χ1v) is 11.0. The van der Waals surface area contributed by atoms with Crippen molar-refractivity contribution in [1.29, 1.82) is 0 Å². The molecule has 0 radical (unpaired) electrons. The normalized spacial score (nSPS) is 12.7. The lowest BCUT2D eigenvalue weighted by Crippen LogP contribution is -2.42. The summed E-state index contributed by atoms with van der Waals surface area (Å²) in [6.07, 6.45) is 1.70. The first-order valence-electron chi connectivity index (χ1n) is 11.0. The number of amides is 1. The van der Waals surface area contributed by atoms with Gasteiger partial charge in [0.25, 0.3) is 11.5 Å². The highest BCUT2D eigenvalue weighted by Gasteiger charge is 2.30. The third kappa shape index (κ3) is 4.09. The maximum atomic E-state index is 13.0. The number of H-pyrrole nitrogens is 1. The van der Waals surface area contributed by atoms with E-state index in [4.69, 9.17) is 0 Å². The van der Waals surface area contributed by atoms with Crippen molar-refractivity contribution in [2.24, 2.45) is 0 Å². The molecule has 5 rings (SSSR count). The fourth-order valence-electron chi connectivity index (χ4n) is 4.14. The van der Waals surface area contributed by atoms with E-state index in [1.807, 2.05) is 72.8 Å². The Kier molecular flexibility index (Phi) is 5.26. The average Bonchev–Trinajstić information content (AvgIpc) is 3.27. The predicted octanol–water partition coefficient (Wildman–Crippen LogP) is 4.08. The molecular formula is C27H24N4O3. The molecule has 0 unspecified atom stereocenters. The lowest BCUT2D eigenvalue weighted by molar-refractivity contribution is 0.0342. The van der Waals surface area contributed by atoms with Crippen LogP contribution in [0.1, 0.15) is 35.9 Å². The second kappa shape index (κ2) is 8.28. The molecule has 0 bridgehead atoms. The van der Waals surface area contributed by atoms with Gasteiger partial charge in [-0.1, -0.05) is 66.7 Å². The Bertz CT molecular complexity index is 1560. The Morgan fingerprint density at radius 3 is 2.44 bits per heavy atom. The molecule has 0 saturated carbocycles. The summed E-state index contributed by atoms with van der Waals surface area (Å²) in [4.78, 5) is 28.7. The molecule has 3 N–H and O–H groups in total. The number of nitrogens with one attached hydrogen (secondary N) is 2. The van der Waals surface area contributed by atoms with Crippen LogP contribution in [0.5, 0.6) is 0 Å². The summed E-state index contributed by atoms with van der Waals surface area (Å²) in [5.74, 6) is -0.480. The topological polar surface area (TPSA) is 99.5 Å². The summed E-state index contributed by atoms with van der Waals surface area (Å²) >= 11 is 0. The Balaban J connectivity index is 1.49. The zero-order valence-corrected chi connectivity index (χ0v) is 18.8. The van der Waals surface area contributed by atoms with Crippen LogP contribution in [0.4, 0.5) is 0 Å². The van der Waals surface area contributed by atoms with Crippen LogP contribution in [0.2, 0.25) is 0 Å². The Morgan fingerprint density at radius 1 is 1.00 bits per heavy atom. The van der Waals surface area contributed by atoms with E-state index in [0.717, 1.165) is 21.9 Å². The van der Waals surface area contributed by atoms with Gasteiger partial charge in [-0.25, -0.2) is 4.52 Å². The van der Waals surface area contributed by atoms with E-state index in [2.05, 4.69) is 15.4 Å². The van der Waals surface area contributed by atoms with E-state index in [1.54, 1.807) is 20.0 Å². The smallest absolute Gasteiger partial charge is 0.274 e. The van der Waals surface area contributed by atoms with E-state index in [9.17, 15) is 14.7 Å². The van der Waals surface area contributed by atoms with Gasteiger partial charge in [0.1, 0.15) is 5.52 Å². The lowest BCUT2D eigenvalue weighted by atomic mass is 9.92. The summed E-state index contributed by atoms with van der Waals surface area (Å²) in [5, 5.41) is 20.0. The molecule has 7 heteroatoms. The largest absolute Gasteiger partial charge is 0.388 e. The molecule has 0 aliphatic carbocycles. The molecule has 0 aliphatic heterocycles. The van der Waals surface area contributed by atoms with Crippen molar-refractivity contribution in [3.63, 3.8) is 0 Å². The third-order valence-corrected chi connectivity index (χ3v) is 5.88. The van der Waals surface area contributed by atoms with Crippen molar-refractivity contribution in [3.05, 3.63) is 107 Å². The SMILES string of the molecule is CC(C)(O)[C@@H](NC(=O)c1cc2c(=O)[nH]c(-c3ccc4ccccc4c3)cn2n1)c1ccccc1. The Morgan fingerprint density at radius 2 is 1.71 bits per heavy atom. The van der Waals surface area contributed by atoms with Crippen molar-refractivity contribution < 1.29 is 9.90 Å². The number of aliphatic hydroxyl groups is 1. The van der Waals surface area contributed by atoms with E-state index >= 15 is 0 Å². The fourth-order valence-corrected chi connectivity index (χ4v) is 4.14. The van der Waals surface area contributed by atoms with Gasteiger partial charge in [0.2, 0.25) is 0 Å². The predicted molar refractivity (Wildman–Crippen MR) is 132 cm³/mol. The van der Waals surface area contributed by atoms with Crippen molar-refractivity contribution in [3.8, 4) is 11.3 Å². The molecule has 2 heterocycles. The third-order valence-electron chi connectivity index (χ3n) is 5.88. The minimum atomic E-state index is -1.21. The molecule has 34 heavy (non-hydrogen) atoms. The summed E-state index contributed by atoms with van der Waals surface area (Å²) in [6, 6.07) is 23.9. The summed E-state index contributed by atoms with van der Waals surface area (Å²) in [6.45, 7) is 3.27. The van der Waals surface area contributed by atoms with E-state index in [1.165, 1.54) is 10.6 Å². The molecule has 170 valence electrons. The minimum Gasteiger partial charge on any atom is -0.388 e. The quantitative estimate of drug-likeness (QED) is 0.374. The van der Waals surface area contributed by atoms with E-state index < -0.39 is 17.6 Å². The minimum absolute atomic E-state index is 0.0892. The molecule has 0 spiro atoms. The van der Waals surface area contributed by atoms with Crippen molar-refractivity contribution in [2.45, 2.75) is 25.5 Å². The highest BCUT2D eigenvalue weighted by Crippen LogP contribution is 2.26. The molecule has 1 atom stereocenters. The standard InChI is InChI=1S/C27H24N4O3/c1-27(2,34)24(18-9-4-3-5-10-18)29-25(32)21-15-23-26(33)28-22(16-31(23)30-21)20-13-12-17-8-6-7-11-19(17)14-20/h3-16,24,34H,1-2H3,(H,28,33)(H,29,32)/t24-/m0/s1. The number of benzene rings is 3. The molecule has 2 aromatic heterocycles. The van der Waals surface area contributed by atoms with Crippen LogP contribution in [-0.2, 0) is 0 Å². The fraction of sp³-hybridized carbons (Fsp3) is 0.148. The van der Waals surface area contributed by atoms with Gasteiger partial charge in [-0.15, -0.1) is 0 Å². The van der Waals surface area contributed by atoms with Gasteiger partial charge >= 0.3 is 0 Å². The van der Waals surface area contributed by atoms with Gasteiger partial charge in [0.05, 0.1) is 23.5 Å². The molecule has 7 nitrogen and oxygen atoms in total. The summed E-state index contributed by atoms with van der Waals surface area (Å²) < 4.78 is 1.42. The Hall–Kier alpha value is -4.23. The molecule has 1 amide bonds. The molecule has 0 fully saturated rings. The number of fused-ring (bicyclic) bond motifs is 2. The zero-order valence-electron chi connectivity index (χ0n) is 18.8. The molecule has 0 saturated heterocycles. The van der Waals surface area contributed by atoms with Gasteiger partial charge in [-0.3, -0.25) is 9.59 Å². The summed E-state index contributed by atoms with van der Waals surface area (Å²) in [5.41, 5.74) is 0.988. The second-order valence-corrected chi connectivity index (χ2v) is 8.89.